The number of anilines is 1. The van der Waals surface area contributed by atoms with E-state index in [1.807, 2.05) is 4.90 Å². The molecule has 2 aromatic carbocycles. The molecule has 2 aromatic rings. The summed E-state index contributed by atoms with van der Waals surface area (Å²) in [6.07, 6.45) is -2.84. The SMILES string of the molecule is O=C1CN(c2c(O)cc3c(c2F)CN(CCCc2cccc(C(F)(F)F)c2)CC3)S(=O)N1. The van der Waals surface area contributed by atoms with Gasteiger partial charge in [-0.25, -0.2) is 8.60 Å². The molecular weight excluding hydrogens is 450 g/mol. The number of aromatic hydroxyl groups is 1. The Kier molecular flexibility index (Phi) is 6.13. The highest BCUT2D eigenvalue weighted by Crippen LogP contribution is 2.38. The molecule has 0 bridgehead atoms. The molecule has 11 heteroatoms. The van der Waals surface area contributed by atoms with E-state index in [0.717, 1.165) is 16.4 Å². The molecule has 4 rings (SSSR count). The van der Waals surface area contributed by atoms with E-state index in [0.29, 0.717) is 49.0 Å². The van der Waals surface area contributed by atoms with Crippen LogP contribution in [0.3, 0.4) is 0 Å². The van der Waals surface area contributed by atoms with Crippen molar-refractivity contribution in [1.82, 2.24) is 9.62 Å². The van der Waals surface area contributed by atoms with E-state index >= 15 is 4.39 Å². The minimum absolute atomic E-state index is 0.249. The third kappa shape index (κ3) is 4.58. The summed E-state index contributed by atoms with van der Waals surface area (Å²) in [7, 11) is 0. The number of carbonyl (C=O) groups excluding carboxylic acids is 1. The molecule has 1 saturated heterocycles. The highest BCUT2D eigenvalue weighted by molar-refractivity contribution is 7.85. The molecule has 2 heterocycles. The summed E-state index contributed by atoms with van der Waals surface area (Å²) >= 11 is -1.97. The van der Waals surface area contributed by atoms with Crippen LogP contribution < -0.4 is 9.03 Å². The van der Waals surface area contributed by atoms with Gasteiger partial charge in [-0.15, -0.1) is 0 Å². The highest BCUT2D eigenvalue weighted by atomic mass is 32.2. The fourth-order valence-electron chi connectivity index (χ4n) is 4.07. The second kappa shape index (κ2) is 8.70. The van der Waals surface area contributed by atoms with Gasteiger partial charge in [-0.3, -0.25) is 18.7 Å². The number of alkyl halides is 3. The van der Waals surface area contributed by atoms with E-state index < -0.39 is 34.6 Å². The summed E-state index contributed by atoms with van der Waals surface area (Å²) in [5, 5.41) is 10.3. The lowest BCUT2D eigenvalue weighted by molar-refractivity contribution is -0.137. The standard InChI is InChI=1S/C21H21F4N3O3S/c22-19-16-11-27(7-2-4-13-3-1-5-15(9-13)21(23,24)25)8-6-14(16)10-17(29)20(19)28-12-18(30)26-32(28)31/h1,3,5,9-10,29H,2,4,6-8,11-12H2,(H,26,30). The number of amides is 1. The van der Waals surface area contributed by atoms with Crippen molar-refractivity contribution in [2.24, 2.45) is 0 Å². The number of phenolic OH excluding ortho intramolecular Hbond substituents is 1. The Morgan fingerprint density at radius 2 is 1.97 bits per heavy atom. The van der Waals surface area contributed by atoms with Crippen molar-refractivity contribution in [3.8, 4) is 5.75 Å². The summed E-state index contributed by atoms with van der Waals surface area (Å²) < 4.78 is 69.1. The van der Waals surface area contributed by atoms with Gasteiger partial charge in [0.05, 0.1) is 5.56 Å². The van der Waals surface area contributed by atoms with Gasteiger partial charge < -0.3 is 5.11 Å². The van der Waals surface area contributed by atoms with Crippen LogP contribution in [0.25, 0.3) is 0 Å². The van der Waals surface area contributed by atoms with E-state index in [1.54, 1.807) is 6.07 Å². The van der Waals surface area contributed by atoms with Crippen molar-refractivity contribution < 1.29 is 31.7 Å². The molecule has 2 N–H and O–H groups in total. The quantitative estimate of drug-likeness (QED) is 0.658. The molecule has 1 unspecified atom stereocenters. The van der Waals surface area contributed by atoms with Crippen LogP contribution in [0.4, 0.5) is 23.2 Å². The minimum atomic E-state index is -4.38. The first-order valence-electron chi connectivity index (χ1n) is 10.0. The molecule has 0 radical (unpaired) electrons. The minimum Gasteiger partial charge on any atom is -0.506 e. The average Bonchev–Trinajstić information content (AvgIpc) is 3.06. The monoisotopic (exact) mass is 471 g/mol. The first kappa shape index (κ1) is 22.5. The highest BCUT2D eigenvalue weighted by Gasteiger charge is 2.34. The van der Waals surface area contributed by atoms with Crippen molar-refractivity contribution >= 4 is 22.8 Å². The van der Waals surface area contributed by atoms with Gasteiger partial charge in [-0.1, -0.05) is 18.2 Å². The summed E-state index contributed by atoms with van der Waals surface area (Å²) in [4.78, 5) is 13.5. The molecule has 1 amide bonds. The van der Waals surface area contributed by atoms with E-state index in [4.69, 9.17) is 0 Å². The van der Waals surface area contributed by atoms with Gasteiger partial charge in [0, 0.05) is 18.7 Å². The molecule has 0 aliphatic carbocycles. The van der Waals surface area contributed by atoms with Crippen LogP contribution in [0.1, 0.15) is 28.7 Å². The van der Waals surface area contributed by atoms with Crippen LogP contribution in [-0.2, 0) is 41.5 Å². The average molecular weight is 471 g/mol. The van der Waals surface area contributed by atoms with Crippen LogP contribution >= 0.6 is 0 Å². The van der Waals surface area contributed by atoms with Crippen molar-refractivity contribution in [3.05, 3.63) is 58.4 Å². The number of rotatable bonds is 5. The third-order valence-corrected chi connectivity index (χ3v) is 6.74. The molecule has 0 saturated carbocycles. The Balaban J connectivity index is 1.44. The van der Waals surface area contributed by atoms with Crippen molar-refractivity contribution in [1.29, 1.82) is 0 Å². The summed E-state index contributed by atoms with van der Waals surface area (Å²) in [6, 6.07) is 6.66. The van der Waals surface area contributed by atoms with Crippen molar-refractivity contribution in [2.45, 2.75) is 32.0 Å². The van der Waals surface area contributed by atoms with Gasteiger partial charge in [0.15, 0.2) is 5.82 Å². The largest absolute Gasteiger partial charge is 0.506 e. The van der Waals surface area contributed by atoms with Gasteiger partial charge >= 0.3 is 6.18 Å². The smallest absolute Gasteiger partial charge is 0.416 e. The van der Waals surface area contributed by atoms with Gasteiger partial charge in [-0.05, 0) is 49.1 Å². The summed E-state index contributed by atoms with van der Waals surface area (Å²) in [6.45, 7) is 1.10. The van der Waals surface area contributed by atoms with Crippen molar-refractivity contribution in [2.75, 3.05) is 23.9 Å². The number of hydrogen-bond acceptors (Lipinski definition) is 4. The van der Waals surface area contributed by atoms with Gasteiger partial charge in [-0.2, -0.15) is 13.2 Å². The van der Waals surface area contributed by atoms with Gasteiger partial charge in [0.1, 0.15) is 18.0 Å². The fraction of sp³-hybridized carbons (Fsp3) is 0.381. The summed E-state index contributed by atoms with van der Waals surface area (Å²) in [5.74, 6) is -1.62. The fourth-order valence-corrected chi connectivity index (χ4v) is 5.01. The number of phenols is 1. The number of fused-ring (bicyclic) bond motifs is 1. The third-order valence-electron chi connectivity index (χ3n) is 5.63. The molecule has 172 valence electrons. The molecule has 1 fully saturated rings. The van der Waals surface area contributed by atoms with E-state index in [9.17, 15) is 27.3 Å². The lowest BCUT2D eigenvalue weighted by Crippen LogP contribution is -2.33. The molecule has 0 aromatic heterocycles. The molecule has 6 nitrogen and oxygen atoms in total. The maximum atomic E-state index is 15.3. The van der Waals surface area contributed by atoms with Crippen LogP contribution in [0.5, 0.6) is 5.75 Å². The van der Waals surface area contributed by atoms with E-state index in [1.165, 1.54) is 12.1 Å². The molecule has 2 aliphatic heterocycles. The van der Waals surface area contributed by atoms with Gasteiger partial charge in [0.25, 0.3) is 5.91 Å². The number of hydrogen-bond donors (Lipinski definition) is 2. The van der Waals surface area contributed by atoms with Crippen LogP contribution in [0, 0.1) is 5.82 Å². The zero-order valence-electron chi connectivity index (χ0n) is 16.9. The Morgan fingerprint density at radius 3 is 2.66 bits per heavy atom. The van der Waals surface area contributed by atoms with Gasteiger partial charge in [0.2, 0.25) is 11.2 Å². The van der Waals surface area contributed by atoms with E-state index in [2.05, 4.69) is 4.72 Å². The molecule has 32 heavy (non-hydrogen) atoms. The van der Waals surface area contributed by atoms with Crippen LogP contribution in [0.2, 0.25) is 0 Å². The number of nitrogens with one attached hydrogen (secondary N) is 1. The zero-order chi connectivity index (χ0) is 23.0. The maximum Gasteiger partial charge on any atom is 0.416 e. The molecule has 2 aliphatic rings. The lowest BCUT2D eigenvalue weighted by Gasteiger charge is -2.30. The predicted molar refractivity (Wildman–Crippen MR) is 110 cm³/mol. The number of halogens is 4. The zero-order valence-corrected chi connectivity index (χ0v) is 17.7. The molecule has 1 atom stereocenters. The maximum absolute atomic E-state index is 15.3. The second-order valence-corrected chi connectivity index (χ2v) is 8.98. The Labute approximate surface area is 184 Å². The Morgan fingerprint density at radius 1 is 1.19 bits per heavy atom. The lowest BCUT2D eigenvalue weighted by atomic mass is 9.97. The number of benzene rings is 2. The Hall–Kier alpha value is -2.66. The van der Waals surface area contributed by atoms with Crippen molar-refractivity contribution in [3.63, 3.8) is 0 Å². The van der Waals surface area contributed by atoms with Crippen LogP contribution in [-0.4, -0.2) is 39.8 Å². The topological polar surface area (TPSA) is 72.9 Å². The first-order valence-corrected chi connectivity index (χ1v) is 11.1. The first-order chi connectivity index (χ1) is 15.1. The molecule has 0 spiro atoms. The number of carbonyl (C=O) groups is 1. The van der Waals surface area contributed by atoms with E-state index in [-0.39, 0.29) is 24.5 Å². The summed E-state index contributed by atoms with van der Waals surface area (Å²) in [5.41, 5.74) is 0.640. The number of nitrogens with zero attached hydrogens (tertiary/aromatic N) is 2. The van der Waals surface area contributed by atoms with Crippen LogP contribution in [0.15, 0.2) is 30.3 Å². The normalized spacial score (nSPS) is 19.2. The molecular formula is C21H21F4N3O3S. The predicted octanol–water partition coefficient (Wildman–Crippen LogP) is 3.06. The second-order valence-electron chi connectivity index (χ2n) is 7.83. The number of aryl methyl sites for hydroxylation is 1. The Bertz CT molecular complexity index is 1080.